The molecule has 2 atom stereocenters. The zero-order chi connectivity index (χ0) is 22.4. The van der Waals surface area contributed by atoms with Crippen LogP contribution in [0.5, 0.6) is 5.75 Å². The molecule has 0 aliphatic carbocycles. The number of carbonyl (C=O) groups is 1. The first-order valence-electron chi connectivity index (χ1n) is 11.3. The summed E-state index contributed by atoms with van der Waals surface area (Å²) in [5.41, 5.74) is 3.18. The first kappa shape index (κ1) is 19.6. The van der Waals surface area contributed by atoms with Crippen molar-refractivity contribution in [2.45, 2.75) is 19.0 Å². The number of ether oxygens (including phenoxy) is 1. The van der Waals surface area contributed by atoms with E-state index >= 15 is 0 Å². The van der Waals surface area contributed by atoms with Crippen molar-refractivity contribution in [1.82, 2.24) is 4.90 Å². The Morgan fingerprint density at radius 1 is 0.727 bits per heavy atom. The van der Waals surface area contributed by atoms with Crippen molar-refractivity contribution in [1.29, 1.82) is 0 Å². The fourth-order valence-corrected chi connectivity index (χ4v) is 5.02. The summed E-state index contributed by atoms with van der Waals surface area (Å²) in [5, 5.41) is 4.57. The lowest BCUT2D eigenvalue weighted by Gasteiger charge is -2.41. The maximum absolute atomic E-state index is 13.5. The van der Waals surface area contributed by atoms with Gasteiger partial charge in [0.25, 0.3) is 0 Å². The predicted octanol–water partition coefficient (Wildman–Crippen LogP) is 7.66. The van der Waals surface area contributed by atoms with E-state index in [0.717, 1.165) is 32.8 Å². The second-order valence-corrected chi connectivity index (χ2v) is 8.57. The van der Waals surface area contributed by atoms with Gasteiger partial charge < -0.3 is 4.74 Å². The minimum absolute atomic E-state index is 0.165. The molecule has 6 rings (SSSR count). The molecule has 0 aromatic heterocycles. The van der Waals surface area contributed by atoms with Gasteiger partial charge in [-0.3, -0.25) is 4.90 Å². The Labute approximate surface area is 192 Å². The molecule has 5 aromatic rings. The smallest absolute Gasteiger partial charge is 0.410 e. The Morgan fingerprint density at radius 3 is 2.21 bits per heavy atom. The predicted molar refractivity (Wildman–Crippen MR) is 132 cm³/mol. The van der Waals surface area contributed by atoms with Gasteiger partial charge in [0.15, 0.2) is 0 Å². The molecule has 0 bridgehead atoms. The lowest BCUT2D eigenvalue weighted by molar-refractivity contribution is 0.106. The van der Waals surface area contributed by atoms with Crippen molar-refractivity contribution in [2.24, 2.45) is 0 Å². The maximum atomic E-state index is 13.5. The normalized spacial score (nSPS) is 16.5. The molecule has 5 aromatic carbocycles. The number of amides is 1. The van der Waals surface area contributed by atoms with Crippen LogP contribution in [0.3, 0.4) is 0 Å². The van der Waals surface area contributed by atoms with Gasteiger partial charge in [0.05, 0.1) is 12.1 Å². The number of carbonyl (C=O) groups excluding carboxylic acids is 1. The largest absolute Gasteiger partial charge is 0.416 e. The van der Waals surface area contributed by atoms with Crippen molar-refractivity contribution < 1.29 is 9.53 Å². The topological polar surface area (TPSA) is 29.5 Å². The Morgan fingerprint density at radius 2 is 1.39 bits per heavy atom. The standard InChI is InChI=1S/C30H23NO2/c1-20(21-9-3-2-4-10-21)31-29(25-16-15-22-11-5-6-13-24(22)19-25)28-26-14-8-7-12-23(26)17-18-27(28)33-30(31)32/h2-20,29H,1H3/t20-,29?/m0/s1. The first-order valence-corrected chi connectivity index (χ1v) is 11.3. The quantitative estimate of drug-likeness (QED) is 0.295. The van der Waals surface area contributed by atoms with Crippen LogP contribution in [0.15, 0.2) is 109 Å². The van der Waals surface area contributed by atoms with Gasteiger partial charge in [0.1, 0.15) is 5.75 Å². The van der Waals surface area contributed by atoms with Gasteiger partial charge >= 0.3 is 6.09 Å². The van der Waals surface area contributed by atoms with E-state index in [1.165, 1.54) is 5.39 Å². The first-order chi connectivity index (χ1) is 16.2. The Balaban J connectivity index is 1.62. The highest BCUT2D eigenvalue weighted by Gasteiger charge is 2.39. The van der Waals surface area contributed by atoms with Crippen molar-refractivity contribution in [2.75, 3.05) is 0 Å². The van der Waals surface area contributed by atoms with E-state index in [4.69, 9.17) is 4.74 Å². The average Bonchev–Trinajstić information content (AvgIpc) is 2.87. The Kier molecular flexibility index (Phi) is 4.62. The SMILES string of the molecule is C[C@@H](c1ccccc1)N1C(=O)Oc2ccc3ccccc3c2C1c1ccc2ccccc2c1. The van der Waals surface area contributed by atoms with Gasteiger partial charge in [-0.05, 0) is 51.7 Å². The van der Waals surface area contributed by atoms with Crippen molar-refractivity contribution >= 4 is 27.6 Å². The molecule has 0 saturated carbocycles. The third-order valence-corrected chi connectivity index (χ3v) is 6.68. The van der Waals surface area contributed by atoms with E-state index in [2.05, 4.69) is 67.6 Å². The third kappa shape index (κ3) is 3.25. The van der Waals surface area contributed by atoms with E-state index < -0.39 is 0 Å². The summed E-state index contributed by atoms with van der Waals surface area (Å²) >= 11 is 0. The van der Waals surface area contributed by atoms with Crippen LogP contribution in [0.25, 0.3) is 21.5 Å². The third-order valence-electron chi connectivity index (χ3n) is 6.68. The van der Waals surface area contributed by atoms with Crippen LogP contribution < -0.4 is 4.74 Å². The van der Waals surface area contributed by atoms with Gasteiger partial charge in [0.2, 0.25) is 0 Å². The number of benzene rings is 5. The van der Waals surface area contributed by atoms with Crippen LogP contribution in [-0.4, -0.2) is 11.0 Å². The molecule has 1 amide bonds. The van der Waals surface area contributed by atoms with E-state index in [9.17, 15) is 4.79 Å². The molecule has 1 aliphatic heterocycles. The van der Waals surface area contributed by atoms with Crippen LogP contribution in [0.4, 0.5) is 4.79 Å². The number of fused-ring (bicyclic) bond motifs is 4. The molecule has 3 nitrogen and oxygen atoms in total. The van der Waals surface area contributed by atoms with E-state index in [-0.39, 0.29) is 18.2 Å². The minimum Gasteiger partial charge on any atom is -0.410 e. The van der Waals surface area contributed by atoms with Crippen LogP contribution in [-0.2, 0) is 0 Å². The Hall–Kier alpha value is -4.11. The van der Waals surface area contributed by atoms with Crippen LogP contribution >= 0.6 is 0 Å². The monoisotopic (exact) mass is 429 g/mol. The summed E-state index contributed by atoms with van der Waals surface area (Å²) in [6, 6.07) is 36.8. The minimum atomic E-state index is -0.327. The fraction of sp³-hybridized carbons (Fsp3) is 0.100. The van der Waals surface area contributed by atoms with Gasteiger partial charge in [-0.15, -0.1) is 0 Å². The summed E-state index contributed by atoms with van der Waals surface area (Å²) in [7, 11) is 0. The molecule has 0 N–H and O–H groups in total. The number of rotatable bonds is 3. The number of hydrogen-bond acceptors (Lipinski definition) is 2. The highest BCUT2D eigenvalue weighted by Crippen LogP contribution is 2.46. The average molecular weight is 430 g/mol. The van der Waals surface area contributed by atoms with Crippen molar-refractivity contribution in [3.05, 3.63) is 126 Å². The number of hydrogen-bond donors (Lipinski definition) is 0. The molecular weight excluding hydrogens is 406 g/mol. The Bertz CT molecular complexity index is 1490. The molecule has 0 saturated heterocycles. The molecule has 1 aliphatic rings. The van der Waals surface area contributed by atoms with Gasteiger partial charge in [0, 0.05) is 5.56 Å². The van der Waals surface area contributed by atoms with E-state index in [1.807, 2.05) is 53.4 Å². The summed E-state index contributed by atoms with van der Waals surface area (Å²) in [6.45, 7) is 2.07. The molecule has 0 fully saturated rings. The van der Waals surface area contributed by atoms with Gasteiger partial charge in [-0.25, -0.2) is 4.79 Å². The molecule has 33 heavy (non-hydrogen) atoms. The zero-order valence-corrected chi connectivity index (χ0v) is 18.3. The highest BCUT2D eigenvalue weighted by molar-refractivity contribution is 5.92. The number of nitrogens with zero attached hydrogens (tertiary/aromatic N) is 1. The second kappa shape index (κ2) is 7.79. The molecule has 3 heteroatoms. The van der Waals surface area contributed by atoms with Crippen LogP contribution in [0.2, 0.25) is 0 Å². The summed E-state index contributed by atoms with van der Waals surface area (Å²) < 4.78 is 5.92. The zero-order valence-electron chi connectivity index (χ0n) is 18.3. The molecule has 160 valence electrons. The second-order valence-electron chi connectivity index (χ2n) is 8.57. The highest BCUT2D eigenvalue weighted by atomic mass is 16.6. The summed E-state index contributed by atoms with van der Waals surface area (Å²) in [4.78, 5) is 15.3. The van der Waals surface area contributed by atoms with Crippen molar-refractivity contribution in [3.8, 4) is 5.75 Å². The molecule has 0 spiro atoms. The fourth-order valence-electron chi connectivity index (χ4n) is 5.02. The summed E-state index contributed by atoms with van der Waals surface area (Å²) in [5.74, 6) is 0.633. The van der Waals surface area contributed by atoms with Crippen molar-refractivity contribution in [3.63, 3.8) is 0 Å². The van der Waals surface area contributed by atoms with Gasteiger partial charge in [-0.1, -0.05) is 97.1 Å². The van der Waals surface area contributed by atoms with Crippen LogP contribution in [0, 0.1) is 0 Å². The van der Waals surface area contributed by atoms with Crippen LogP contribution in [0.1, 0.15) is 35.7 Å². The lowest BCUT2D eigenvalue weighted by Crippen LogP contribution is -2.43. The molecular formula is C30H23NO2. The molecule has 0 radical (unpaired) electrons. The lowest BCUT2D eigenvalue weighted by atomic mass is 9.88. The van der Waals surface area contributed by atoms with E-state index in [0.29, 0.717) is 5.75 Å². The summed E-state index contributed by atoms with van der Waals surface area (Å²) in [6.07, 6.45) is -0.327. The molecule has 1 unspecified atom stereocenters. The van der Waals surface area contributed by atoms with Gasteiger partial charge in [-0.2, -0.15) is 0 Å². The maximum Gasteiger partial charge on any atom is 0.416 e. The molecule has 1 heterocycles. The van der Waals surface area contributed by atoms with E-state index in [1.54, 1.807) is 0 Å².